The predicted molar refractivity (Wildman–Crippen MR) is 98.7 cm³/mol. The van der Waals surface area contributed by atoms with Crippen LogP contribution in [-0.2, 0) is 23.8 Å². The van der Waals surface area contributed by atoms with E-state index in [0.717, 1.165) is 54.4 Å². The number of nitrogens with zero attached hydrogens (tertiary/aromatic N) is 3. The van der Waals surface area contributed by atoms with Gasteiger partial charge < -0.3 is 5.32 Å². The summed E-state index contributed by atoms with van der Waals surface area (Å²) in [7, 11) is 0. The molecular formula is C19H17F3N4OS. The van der Waals surface area contributed by atoms with Gasteiger partial charge in [0.25, 0.3) is 0 Å². The largest absolute Gasteiger partial charge is 0.417 e. The lowest BCUT2D eigenvalue weighted by Crippen LogP contribution is -2.17. The summed E-state index contributed by atoms with van der Waals surface area (Å²) in [6.07, 6.45) is -1.03. The molecule has 1 aliphatic rings. The van der Waals surface area contributed by atoms with Gasteiger partial charge in [0.15, 0.2) is 0 Å². The van der Waals surface area contributed by atoms with Gasteiger partial charge in [0, 0.05) is 11.9 Å². The molecule has 146 valence electrons. The number of fused-ring (bicyclic) bond motifs is 1. The van der Waals surface area contributed by atoms with E-state index in [2.05, 4.69) is 28.3 Å². The number of nitriles is 1. The standard InChI is InChI=1S/C19H17F3N4OS/c1-11-2-4-15-12(6-11)7-13(8-23)18(25-15)28-10-17(27)26-16-5-3-14(9-24-16)19(20,21)22/h3,5,7,9,11H,2,4,6,10H2,1H3,(H,24,26,27). The molecule has 28 heavy (non-hydrogen) atoms. The molecule has 0 bridgehead atoms. The number of aryl methyl sites for hydroxylation is 1. The maximum Gasteiger partial charge on any atom is 0.417 e. The minimum absolute atomic E-state index is 0.0282. The number of hydrogen-bond acceptors (Lipinski definition) is 5. The number of thioether (sulfide) groups is 1. The second-order valence-electron chi connectivity index (χ2n) is 6.67. The van der Waals surface area contributed by atoms with Crippen molar-refractivity contribution in [2.75, 3.05) is 11.1 Å². The summed E-state index contributed by atoms with van der Waals surface area (Å²) >= 11 is 1.13. The summed E-state index contributed by atoms with van der Waals surface area (Å²) in [6.45, 7) is 2.16. The number of carbonyl (C=O) groups is 1. The minimum Gasteiger partial charge on any atom is -0.310 e. The zero-order valence-corrected chi connectivity index (χ0v) is 15.8. The van der Waals surface area contributed by atoms with Gasteiger partial charge in [-0.05, 0) is 48.9 Å². The van der Waals surface area contributed by atoms with Gasteiger partial charge in [0.05, 0.1) is 16.9 Å². The summed E-state index contributed by atoms with van der Waals surface area (Å²) < 4.78 is 37.6. The summed E-state index contributed by atoms with van der Waals surface area (Å²) in [6, 6.07) is 5.92. The highest BCUT2D eigenvalue weighted by atomic mass is 32.2. The monoisotopic (exact) mass is 406 g/mol. The highest BCUT2D eigenvalue weighted by Crippen LogP contribution is 2.30. The number of anilines is 1. The number of rotatable bonds is 4. The summed E-state index contributed by atoms with van der Waals surface area (Å²) in [5, 5.41) is 12.3. The molecule has 1 aliphatic carbocycles. The molecule has 5 nitrogen and oxygen atoms in total. The molecule has 1 N–H and O–H groups in total. The van der Waals surface area contributed by atoms with Crippen LogP contribution < -0.4 is 5.32 Å². The molecule has 0 saturated carbocycles. The van der Waals surface area contributed by atoms with Crippen molar-refractivity contribution in [3.63, 3.8) is 0 Å². The normalized spacial score (nSPS) is 16.2. The average molecular weight is 406 g/mol. The second kappa shape index (κ2) is 8.19. The van der Waals surface area contributed by atoms with Crippen LogP contribution >= 0.6 is 11.8 Å². The first kappa shape index (κ1) is 20.1. The fraction of sp³-hybridized carbons (Fsp3) is 0.368. The molecule has 0 fully saturated rings. The fourth-order valence-electron chi connectivity index (χ4n) is 2.97. The average Bonchev–Trinajstić information content (AvgIpc) is 2.65. The molecule has 3 rings (SSSR count). The lowest BCUT2D eigenvalue weighted by molar-refractivity contribution is -0.137. The smallest absolute Gasteiger partial charge is 0.310 e. The number of alkyl halides is 3. The van der Waals surface area contributed by atoms with Crippen LogP contribution in [0.2, 0.25) is 0 Å². The van der Waals surface area contributed by atoms with Crippen molar-refractivity contribution in [2.45, 2.75) is 37.4 Å². The van der Waals surface area contributed by atoms with E-state index in [-0.39, 0.29) is 11.6 Å². The molecule has 1 atom stereocenters. The molecule has 2 heterocycles. The first-order valence-electron chi connectivity index (χ1n) is 8.65. The minimum atomic E-state index is -4.48. The Morgan fingerprint density at radius 3 is 2.86 bits per heavy atom. The molecule has 0 spiro atoms. The van der Waals surface area contributed by atoms with Gasteiger partial charge in [-0.1, -0.05) is 18.7 Å². The van der Waals surface area contributed by atoms with E-state index in [9.17, 15) is 23.2 Å². The maximum absolute atomic E-state index is 12.5. The molecule has 0 saturated heterocycles. The van der Waals surface area contributed by atoms with E-state index < -0.39 is 17.6 Å². The Kier molecular flexibility index (Phi) is 5.89. The second-order valence-corrected chi connectivity index (χ2v) is 7.64. The van der Waals surface area contributed by atoms with Crippen LogP contribution in [0.5, 0.6) is 0 Å². The van der Waals surface area contributed by atoms with E-state index in [1.807, 2.05) is 6.07 Å². The van der Waals surface area contributed by atoms with Crippen LogP contribution in [0.4, 0.5) is 19.0 Å². The van der Waals surface area contributed by atoms with Gasteiger partial charge in [-0.3, -0.25) is 4.79 Å². The number of aromatic nitrogens is 2. The van der Waals surface area contributed by atoms with Gasteiger partial charge in [-0.2, -0.15) is 18.4 Å². The lowest BCUT2D eigenvalue weighted by Gasteiger charge is -2.21. The van der Waals surface area contributed by atoms with E-state index in [0.29, 0.717) is 22.7 Å². The van der Waals surface area contributed by atoms with E-state index >= 15 is 0 Å². The molecule has 2 aromatic rings. The SMILES string of the molecule is CC1CCc2nc(SCC(=O)Nc3ccc(C(F)(F)F)cn3)c(C#N)cc2C1. The number of pyridine rings is 2. The van der Waals surface area contributed by atoms with Crippen molar-refractivity contribution < 1.29 is 18.0 Å². The van der Waals surface area contributed by atoms with Crippen molar-refractivity contribution in [1.82, 2.24) is 9.97 Å². The Morgan fingerprint density at radius 1 is 1.43 bits per heavy atom. The zero-order chi connectivity index (χ0) is 20.3. The molecule has 0 radical (unpaired) electrons. The third kappa shape index (κ3) is 4.81. The Hall–Kier alpha value is -2.60. The van der Waals surface area contributed by atoms with Crippen molar-refractivity contribution >= 4 is 23.5 Å². The molecule has 0 aromatic carbocycles. The molecular weight excluding hydrogens is 389 g/mol. The number of halogens is 3. The van der Waals surface area contributed by atoms with Crippen LogP contribution in [0.25, 0.3) is 0 Å². The Morgan fingerprint density at radius 2 is 2.21 bits per heavy atom. The van der Waals surface area contributed by atoms with Gasteiger partial charge in [0.1, 0.15) is 16.9 Å². The van der Waals surface area contributed by atoms with Crippen molar-refractivity contribution in [3.05, 3.63) is 46.8 Å². The fourth-order valence-corrected chi connectivity index (χ4v) is 3.74. The van der Waals surface area contributed by atoms with Gasteiger partial charge in [0.2, 0.25) is 5.91 Å². The van der Waals surface area contributed by atoms with E-state index in [4.69, 9.17) is 0 Å². The topological polar surface area (TPSA) is 78.7 Å². The summed E-state index contributed by atoms with van der Waals surface area (Å²) in [5.74, 6) is 0.127. The van der Waals surface area contributed by atoms with Crippen LogP contribution in [-0.4, -0.2) is 21.6 Å². The highest BCUT2D eigenvalue weighted by molar-refractivity contribution is 8.00. The third-order valence-electron chi connectivity index (χ3n) is 4.42. The lowest BCUT2D eigenvalue weighted by atomic mass is 9.87. The predicted octanol–water partition coefficient (Wildman–Crippen LogP) is 4.22. The van der Waals surface area contributed by atoms with Gasteiger partial charge in [-0.25, -0.2) is 9.97 Å². The summed E-state index contributed by atoms with van der Waals surface area (Å²) in [5.41, 5.74) is 1.59. The number of hydrogen-bond donors (Lipinski definition) is 1. The number of carbonyl (C=O) groups excluding carboxylic acids is 1. The van der Waals surface area contributed by atoms with Crippen molar-refractivity contribution in [2.24, 2.45) is 5.92 Å². The molecule has 2 aromatic heterocycles. The van der Waals surface area contributed by atoms with Crippen LogP contribution in [0.15, 0.2) is 29.4 Å². The number of nitrogens with one attached hydrogen (secondary N) is 1. The molecule has 0 aliphatic heterocycles. The first-order valence-corrected chi connectivity index (χ1v) is 9.63. The summed E-state index contributed by atoms with van der Waals surface area (Å²) in [4.78, 5) is 20.3. The zero-order valence-electron chi connectivity index (χ0n) is 15.0. The molecule has 1 unspecified atom stereocenters. The van der Waals surface area contributed by atoms with E-state index in [1.54, 1.807) is 0 Å². The highest BCUT2D eigenvalue weighted by Gasteiger charge is 2.30. The third-order valence-corrected chi connectivity index (χ3v) is 5.41. The Labute approximate surface area is 164 Å². The van der Waals surface area contributed by atoms with Crippen molar-refractivity contribution in [3.8, 4) is 6.07 Å². The molecule has 9 heteroatoms. The molecule has 1 amide bonds. The Bertz CT molecular complexity index is 923. The van der Waals surface area contributed by atoms with Gasteiger partial charge in [-0.15, -0.1) is 0 Å². The Balaban J connectivity index is 1.64. The maximum atomic E-state index is 12.5. The number of amides is 1. The van der Waals surface area contributed by atoms with Crippen LogP contribution in [0, 0.1) is 17.2 Å². The van der Waals surface area contributed by atoms with Crippen molar-refractivity contribution in [1.29, 1.82) is 5.26 Å². The van der Waals surface area contributed by atoms with Crippen LogP contribution in [0.1, 0.15) is 35.7 Å². The first-order chi connectivity index (χ1) is 13.3. The van der Waals surface area contributed by atoms with Gasteiger partial charge >= 0.3 is 6.18 Å². The van der Waals surface area contributed by atoms with E-state index in [1.165, 1.54) is 0 Å². The quantitative estimate of drug-likeness (QED) is 0.769. The van der Waals surface area contributed by atoms with Crippen LogP contribution in [0.3, 0.4) is 0 Å².